The zero-order chi connectivity index (χ0) is 26.2. The predicted octanol–water partition coefficient (Wildman–Crippen LogP) is 5.27. The van der Waals surface area contributed by atoms with E-state index in [-0.39, 0.29) is 24.2 Å². The van der Waals surface area contributed by atoms with Gasteiger partial charge in [-0.2, -0.15) is 0 Å². The zero-order valence-electron chi connectivity index (χ0n) is 19.6. The molecule has 1 aliphatic rings. The lowest BCUT2D eigenvalue weighted by Gasteiger charge is -2.46. The number of azide groups is 1. The Morgan fingerprint density at radius 2 is 1.35 bits per heavy atom. The van der Waals surface area contributed by atoms with Crippen molar-refractivity contribution in [1.29, 1.82) is 0 Å². The van der Waals surface area contributed by atoms with E-state index < -0.39 is 42.7 Å². The van der Waals surface area contributed by atoms with Crippen LogP contribution in [0, 0.1) is 0 Å². The number of carbonyl (C=O) groups excluding carboxylic acids is 2. The van der Waals surface area contributed by atoms with Gasteiger partial charge in [0.1, 0.15) is 6.04 Å². The molecule has 3 aromatic rings. The van der Waals surface area contributed by atoms with Crippen LogP contribution in [0.4, 0.5) is 8.78 Å². The molecule has 1 fully saturated rings. The third-order valence-electron chi connectivity index (χ3n) is 6.07. The average molecular weight is 507 g/mol. The fourth-order valence-electron chi connectivity index (χ4n) is 4.36. The minimum absolute atomic E-state index is 0.0754. The van der Waals surface area contributed by atoms with Gasteiger partial charge in [0.05, 0.1) is 17.2 Å². The van der Waals surface area contributed by atoms with Gasteiger partial charge >= 0.3 is 11.9 Å². The van der Waals surface area contributed by atoms with Crippen LogP contribution in [0.3, 0.4) is 0 Å². The van der Waals surface area contributed by atoms with E-state index in [1.165, 1.54) is 29.2 Å². The van der Waals surface area contributed by atoms with E-state index in [1.54, 1.807) is 66.7 Å². The third-order valence-corrected chi connectivity index (χ3v) is 6.07. The number of halogens is 2. The lowest BCUT2D eigenvalue weighted by molar-refractivity contribution is -0.138. The molecule has 4 rings (SSSR count). The van der Waals surface area contributed by atoms with E-state index in [0.717, 1.165) is 5.56 Å². The Morgan fingerprint density at radius 3 is 1.84 bits per heavy atom. The van der Waals surface area contributed by atoms with E-state index in [2.05, 4.69) is 10.0 Å². The first kappa shape index (κ1) is 25.8. The maximum atomic E-state index is 14.6. The highest BCUT2D eigenvalue weighted by molar-refractivity contribution is 5.90. The van der Waals surface area contributed by atoms with Crippen molar-refractivity contribution in [3.05, 3.63) is 118 Å². The van der Waals surface area contributed by atoms with E-state index in [9.17, 15) is 23.9 Å². The van der Waals surface area contributed by atoms with Gasteiger partial charge in [-0.15, -0.1) is 0 Å². The van der Waals surface area contributed by atoms with Crippen molar-refractivity contribution >= 4 is 11.9 Å². The van der Waals surface area contributed by atoms with Gasteiger partial charge in [0.2, 0.25) is 0 Å². The fourth-order valence-corrected chi connectivity index (χ4v) is 4.36. The van der Waals surface area contributed by atoms with Crippen molar-refractivity contribution in [1.82, 2.24) is 4.90 Å². The third kappa shape index (κ3) is 6.30. The van der Waals surface area contributed by atoms with Crippen LogP contribution in [0.5, 0.6) is 0 Å². The van der Waals surface area contributed by atoms with Crippen molar-refractivity contribution in [3.63, 3.8) is 0 Å². The first-order chi connectivity index (χ1) is 18.0. The predicted molar refractivity (Wildman–Crippen MR) is 131 cm³/mol. The second-order valence-corrected chi connectivity index (χ2v) is 8.48. The molecular weight excluding hydrogens is 482 g/mol. The van der Waals surface area contributed by atoms with Crippen LogP contribution >= 0.6 is 0 Å². The van der Waals surface area contributed by atoms with E-state index in [4.69, 9.17) is 9.47 Å². The number of alkyl halides is 2. The van der Waals surface area contributed by atoms with Crippen LogP contribution in [0.1, 0.15) is 26.3 Å². The molecule has 3 aromatic carbocycles. The highest BCUT2D eigenvalue weighted by Crippen LogP contribution is 2.32. The molecule has 0 spiro atoms. The summed E-state index contributed by atoms with van der Waals surface area (Å²) in [5, 5.41) is 3.75. The molecule has 0 N–H and O–H groups in total. The smallest absolute Gasteiger partial charge is 0.338 e. The minimum atomic E-state index is -2.97. The Hall–Kier alpha value is -4.27. The largest absolute Gasteiger partial charge is 0.454 e. The minimum Gasteiger partial charge on any atom is -0.454 e. The highest BCUT2D eigenvalue weighted by atomic mass is 19.3. The number of hydrogen-bond acceptors (Lipinski definition) is 6. The quantitative estimate of drug-likeness (QED) is 0.179. The molecule has 4 atom stereocenters. The maximum Gasteiger partial charge on any atom is 0.338 e. The molecule has 190 valence electrons. The zero-order valence-corrected chi connectivity index (χ0v) is 19.6. The van der Waals surface area contributed by atoms with Crippen LogP contribution in [-0.4, -0.2) is 54.1 Å². The molecule has 0 aromatic heterocycles. The molecule has 0 radical (unpaired) electrons. The van der Waals surface area contributed by atoms with Crippen LogP contribution in [0.15, 0.2) is 96.1 Å². The first-order valence-electron chi connectivity index (χ1n) is 11.6. The SMILES string of the molecule is [N-]=[N+]=N[C@H]1CN(Cc2ccccc2)[C@H](C(F)F)C(OC(=O)c2ccccc2)[C@@H]1OC(=O)c1ccccc1. The van der Waals surface area contributed by atoms with E-state index in [1.807, 2.05) is 0 Å². The number of rotatable bonds is 8. The van der Waals surface area contributed by atoms with Gasteiger partial charge in [-0.25, -0.2) is 18.4 Å². The summed E-state index contributed by atoms with van der Waals surface area (Å²) in [6.45, 7) is -0.0634. The second kappa shape index (κ2) is 12.1. The molecule has 0 bridgehead atoms. The van der Waals surface area contributed by atoms with E-state index >= 15 is 0 Å². The lowest BCUT2D eigenvalue weighted by atomic mass is 9.91. The fraction of sp³-hybridized carbons (Fsp3) is 0.259. The molecule has 1 unspecified atom stereocenters. The number of carbonyl (C=O) groups is 2. The lowest BCUT2D eigenvalue weighted by Crippen LogP contribution is -2.64. The van der Waals surface area contributed by atoms with Gasteiger partial charge in [0, 0.05) is 18.0 Å². The van der Waals surface area contributed by atoms with Crippen molar-refractivity contribution < 1.29 is 27.8 Å². The number of ether oxygens (including phenoxy) is 2. The van der Waals surface area contributed by atoms with Crippen LogP contribution < -0.4 is 0 Å². The summed E-state index contributed by atoms with van der Waals surface area (Å²) < 4.78 is 40.5. The average Bonchev–Trinajstić information content (AvgIpc) is 2.92. The highest BCUT2D eigenvalue weighted by Gasteiger charge is 2.51. The summed E-state index contributed by atoms with van der Waals surface area (Å²) in [7, 11) is 0. The molecule has 1 aliphatic heterocycles. The molecule has 10 heteroatoms. The van der Waals surface area contributed by atoms with Crippen LogP contribution in [0.2, 0.25) is 0 Å². The number of benzene rings is 3. The van der Waals surface area contributed by atoms with Crippen molar-refractivity contribution in [3.8, 4) is 0 Å². The number of hydrogen-bond donors (Lipinski definition) is 0. The van der Waals surface area contributed by atoms with Gasteiger partial charge in [-0.3, -0.25) is 4.90 Å². The number of likely N-dealkylation sites (tertiary alicyclic amines) is 1. The Labute approximate surface area is 212 Å². The molecule has 0 aliphatic carbocycles. The molecule has 0 amide bonds. The molecule has 37 heavy (non-hydrogen) atoms. The Balaban J connectivity index is 1.72. The van der Waals surface area contributed by atoms with Crippen molar-refractivity contribution in [2.45, 2.75) is 37.3 Å². The number of esters is 2. The monoisotopic (exact) mass is 506 g/mol. The Morgan fingerprint density at radius 1 is 0.865 bits per heavy atom. The normalized spacial score (nSPS) is 21.6. The Bertz CT molecular complexity index is 1240. The maximum absolute atomic E-state index is 14.6. The number of nitrogens with zero attached hydrogens (tertiary/aromatic N) is 4. The standard InChI is InChI=1S/C27H24F2N4O4/c28-25(29)22-24(37-27(35)20-14-8-3-9-15-20)23(36-26(34)19-12-6-2-7-13-19)21(31-32-30)17-33(22)16-18-10-4-1-5-11-18/h1-15,21-25H,16-17H2/t21-,22-,23+,24?/m0/s1. The Kier molecular flexibility index (Phi) is 8.45. The summed E-state index contributed by atoms with van der Waals surface area (Å²) in [4.78, 5) is 30.1. The van der Waals surface area contributed by atoms with Gasteiger partial charge in [0.25, 0.3) is 6.43 Å². The van der Waals surface area contributed by atoms with Gasteiger partial charge in [-0.1, -0.05) is 71.8 Å². The summed E-state index contributed by atoms with van der Waals surface area (Å²) in [6, 6.07) is 22.0. The molecule has 0 saturated carbocycles. The molecule has 1 saturated heterocycles. The van der Waals surface area contributed by atoms with Gasteiger partial charge in [-0.05, 0) is 35.4 Å². The summed E-state index contributed by atoms with van der Waals surface area (Å²) in [6.07, 6.45) is -6.03. The van der Waals surface area contributed by atoms with Gasteiger partial charge in [0.15, 0.2) is 12.2 Å². The topological polar surface area (TPSA) is 105 Å². The van der Waals surface area contributed by atoms with Crippen molar-refractivity contribution in [2.75, 3.05) is 6.54 Å². The van der Waals surface area contributed by atoms with Crippen LogP contribution in [-0.2, 0) is 16.0 Å². The first-order valence-corrected chi connectivity index (χ1v) is 11.6. The van der Waals surface area contributed by atoms with Gasteiger partial charge < -0.3 is 9.47 Å². The summed E-state index contributed by atoms with van der Waals surface area (Å²) in [5.74, 6) is -1.67. The number of piperidine rings is 1. The molecule has 8 nitrogen and oxygen atoms in total. The van der Waals surface area contributed by atoms with E-state index in [0.29, 0.717) is 0 Å². The second-order valence-electron chi connectivity index (χ2n) is 8.48. The molecule has 1 heterocycles. The summed E-state index contributed by atoms with van der Waals surface area (Å²) in [5.41, 5.74) is 10.3. The summed E-state index contributed by atoms with van der Waals surface area (Å²) >= 11 is 0. The molecular formula is C27H24F2N4O4. The van der Waals surface area contributed by atoms with Crippen molar-refractivity contribution in [2.24, 2.45) is 5.11 Å². The van der Waals surface area contributed by atoms with Crippen LogP contribution in [0.25, 0.3) is 10.4 Å².